The Morgan fingerprint density at radius 2 is 1.91 bits per heavy atom. The Kier molecular flexibility index (Phi) is 4.34. The fourth-order valence-corrected chi connectivity index (χ4v) is 3.08. The molecule has 3 rings (SSSR count). The third-order valence-electron chi connectivity index (χ3n) is 4.09. The SMILES string of the molecule is Cc1ccc([C@@H]2CCCN2C(=O)Nc2ccccc2Cl)cc1. The van der Waals surface area contributed by atoms with Gasteiger partial charge in [-0.05, 0) is 37.5 Å². The largest absolute Gasteiger partial charge is 0.322 e. The first-order valence-electron chi connectivity index (χ1n) is 7.54. The third-order valence-corrected chi connectivity index (χ3v) is 4.42. The van der Waals surface area contributed by atoms with Gasteiger partial charge in [-0.2, -0.15) is 0 Å². The van der Waals surface area contributed by atoms with E-state index in [-0.39, 0.29) is 12.1 Å². The van der Waals surface area contributed by atoms with Crippen LogP contribution in [0.1, 0.15) is 30.0 Å². The van der Waals surface area contributed by atoms with Crippen molar-refractivity contribution >= 4 is 23.3 Å². The molecule has 0 spiro atoms. The highest BCUT2D eigenvalue weighted by molar-refractivity contribution is 6.33. The van der Waals surface area contributed by atoms with E-state index < -0.39 is 0 Å². The Labute approximate surface area is 135 Å². The average molecular weight is 315 g/mol. The number of rotatable bonds is 2. The molecule has 1 aliphatic rings. The molecule has 1 heterocycles. The normalized spacial score (nSPS) is 17.5. The van der Waals surface area contributed by atoms with E-state index in [2.05, 4.69) is 36.5 Å². The van der Waals surface area contributed by atoms with Gasteiger partial charge in [0.15, 0.2) is 0 Å². The molecule has 0 radical (unpaired) electrons. The summed E-state index contributed by atoms with van der Waals surface area (Å²) in [6.07, 6.45) is 2.02. The lowest BCUT2D eigenvalue weighted by Gasteiger charge is -2.25. The van der Waals surface area contributed by atoms with Gasteiger partial charge in [0.05, 0.1) is 16.8 Å². The summed E-state index contributed by atoms with van der Waals surface area (Å²) in [5.41, 5.74) is 3.08. The van der Waals surface area contributed by atoms with Crippen molar-refractivity contribution < 1.29 is 4.79 Å². The molecule has 1 N–H and O–H groups in total. The number of carbonyl (C=O) groups is 1. The Balaban J connectivity index is 1.76. The van der Waals surface area contributed by atoms with Gasteiger partial charge in [-0.3, -0.25) is 0 Å². The number of carbonyl (C=O) groups excluding carboxylic acids is 1. The van der Waals surface area contributed by atoms with Crippen LogP contribution < -0.4 is 5.32 Å². The third kappa shape index (κ3) is 3.09. The number of halogens is 1. The molecule has 22 heavy (non-hydrogen) atoms. The van der Waals surface area contributed by atoms with Gasteiger partial charge >= 0.3 is 6.03 Å². The van der Waals surface area contributed by atoms with Crippen LogP contribution in [0.5, 0.6) is 0 Å². The van der Waals surface area contributed by atoms with Crippen molar-refractivity contribution in [1.82, 2.24) is 4.90 Å². The number of likely N-dealkylation sites (tertiary alicyclic amines) is 1. The Morgan fingerprint density at radius 1 is 1.18 bits per heavy atom. The number of hydrogen-bond acceptors (Lipinski definition) is 1. The van der Waals surface area contributed by atoms with E-state index in [0.717, 1.165) is 19.4 Å². The summed E-state index contributed by atoms with van der Waals surface area (Å²) in [6, 6.07) is 15.8. The Bertz CT molecular complexity index is 669. The van der Waals surface area contributed by atoms with Gasteiger partial charge in [-0.15, -0.1) is 0 Å². The average Bonchev–Trinajstić information content (AvgIpc) is 3.00. The lowest BCUT2D eigenvalue weighted by atomic mass is 10.0. The Morgan fingerprint density at radius 3 is 2.64 bits per heavy atom. The van der Waals surface area contributed by atoms with Crippen LogP contribution in [-0.4, -0.2) is 17.5 Å². The van der Waals surface area contributed by atoms with Gasteiger partial charge in [0.1, 0.15) is 0 Å². The fraction of sp³-hybridized carbons (Fsp3) is 0.278. The van der Waals surface area contributed by atoms with Crippen molar-refractivity contribution in [1.29, 1.82) is 0 Å². The van der Waals surface area contributed by atoms with Gasteiger partial charge in [0.2, 0.25) is 0 Å². The predicted molar refractivity (Wildman–Crippen MR) is 90.3 cm³/mol. The lowest BCUT2D eigenvalue weighted by Crippen LogP contribution is -2.34. The van der Waals surface area contributed by atoms with Crippen molar-refractivity contribution in [3.63, 3.8) is 0 Å². The van der Waals surface area contributed by atoms with Gasteiger partial charge in [0, 0.05) is 6.54 Å². The second kappa shape index (κ2) is 6.41. The number of nitrogens with one attached hydrogen (secondary N) is 1. The number of hydrogen-bond donors (Lipinski definition) is 1. The number of para-hydroxylation sites is 1. The summed E-state index contributed by atoms with van der Waals surface area (Å²) in [4.78, 5) is 14.5. The highest BCUT2D eigenvalue weighted by Gasteiger charge is 2.30. The standard InChI is InChI=1S/C18H19ClN2O/c1-13-8-10-14(11-9-13)17-7-4-12-21(17)18(22)20-16-6-3-2-5-15(16)19/h2-3,5-6,8-11,17H,4,7,12H2,1H3,(H,20,22)/t17-/m0/s1. The quantitative estimate of drug-likeness (QED) is 0.829. The number of anilines is 1. The molecule has 0 unspecified atom stereocenters. The van der Waals surface area contributed by atoms with E-state index in [0.29, 0.717) is 10.7 Å². The molecule has 0 aromatic heterocycles. The van der Waals surface area contributed by atoms with E-state index in [1.54, 1.807) is 6.07 Å². The summed E-state index contributed by atoms with van der Waals surface area (Å²) in [5, 5.41) is 3.48. The number of urea groups is 1. The zero-order valence-corrected chi connectivity index (χ0v) is 13.3. The number of benzene rings is 2. The minimum Gasteiger partial charge on any atom is -0.317 e. The van der Waals surface area contributed by atoms with E-state index in [4.69, 9.17) is 11.6 Å². The molecule has 2 aromatic carbocycles. The lowest BCUT2D eigenvalue weighted by molar-refractivity contribution is 0.207. The van der Waals surface area contributed by atoms with Gasteiger partial charge in [-0.25, -0.2) is 4.79 Å². The minimum absolute atomic E-state index is 0.0869. The molecule has 0 bridgehead atoms. The number of nitrogens with zero attached hydrogens (tertiary/aromatic N) is 1. The highest BCUT2D eigenvalue weighted by atomic mass is 35.5. The molecule has 1 fully saturated rings. The van der Waals surface area contributed by atoms with E-state index in [1.165, 1.54) is 11.1 Å². The second-order valence-electron chi connectivity index (χ2n) is 5.67. The van der Waals surface area contributed by atoms with Crippen LogP contribution in [0.3, 0.4) is 0 Å². The monoisotopic (exact) mass is 314 g/mol. The van der Waals surface area contributed by atoms with Crippen LogP contribution in [0, 0.1) is 6.92 Å². The molecule has 3 nitrogen and oxygen atoms in total. The zero-order chi connectivity index (χ0) is 15.5. The van der Waals surface area contributed by atoms with Crippen LogP contribution in [-0.2, 0) is 0 Å². The van der Waals surface area contributed by atoms with Gasteiger partial charge in [-0.1, -0.05) is 53.6 Å². The molecular formula is C18H19ClN2O. The molecule has 2 aromatic rings. The molecule has 4 heteroatoms. The van der Waals surface area contributed by atoms with Crippen LogP contribution in [0.25, 0.3) is 0 Å². The summed E-state index contributed by atoms with van der Waals surface area (Å²) in [7, 11) is 0. The smallest absolute Gasteiger partial charge is 0.317 e. The molecule has 1 saturated heterocycles. The van der Waals surface area contributed by atoms with E-state index >= 15 is 0 Å². The molecule has 2 amide bonds. The zero-order valence-electron chi connectivity index (χ0n) is 12.6. The molecule has 1 atom stereocenters. The fourth-order valence-electron chi connectivity index (χ4n) is 2.89. The van der Waals surface area contributed by atoms with Crippen molar-refractivity contribution in [3.8, 4) is 0 Å². The van der Waals surface area contributed by atoms with Crippen LogP contribution >= 0.6 is 11.6 Å². The van der Waals surface area contributed by atoms with Crippen LogP contribution in [0.4, 0.5) is 10.5 Å². The second-order valence-corrected chi connectivity index (χ2v) is 6.08. The first-order chi connectivity index (χ1) is 10.6. The van der Waals surface area contributed by atoms with Gasteiger partial charge in [0.25, 0.3) is 0 Å². The molecule has 1 aliphatic heterocycles. The first kappa shape index (κ1) is 14.9. The van der Waals surface area contributed by atoms with Crippen LogP contribution in [0.15, 0.2) is 48.5 Å². The minimum atomic E-state index is -0.0869. The topological polar surface area (TPSA) is 32.3 Å². The molecule has 114 valence electrons. The molecule has 0 saturated carbocycles. The Hall–Kier alpha value is -2.00. The van der Waals surface area contributed by atoms with Crippen molar-refractivity contribution in [2.45, 2.75) is 25.8 Å². The predicted octanol–water partition coefficient (Wildman–Crippen LogP) is 5.02. The summed E-state index contributed by atoms with van der Waals surface area (Å²) in [6.45, 7) is 2.84. The van der Waals surface area contributed by atoms with Crippen molar-refractivity contribution in [3.05, 3.63) is 64.7 Å². The first-order valence-corrected chi connectivity index (χ1v) is 7.91. The summed E-state index contributed by atoms with van der Waals surface area (Å²) < 4.78 is 0. The molecular weight excluding hydrogens is 296 g/mol. The summed E-state index contributed by atoms with van der Waals surface area (Å²) in [5.74, 6) is 0. The number of amides is 2. The maximum Gasteiger partial charge on any atom is 0.322 e. The maximum atomic E-state index is 12.6. The van der Waals surface area contributed by atoms with E-state index in [1.807, 2.05) is 23.1 Å². The number of aryl methyl sites for hydroxylation is 1. The molecule has 0 aliphatic carbocycles. The van der Waals surface area contributed by atoms with Gasteiger partial charge < -0.3 is 10.2 Å². The van der Waals surface area contributed by atoms with Crippen molar-refractivity contribution in [2.75, 3.05) is 11.9 Å². The highest BCUT2D eigenvalue weighted by Crippen LogP contribution is 2.33. The van der Waals surface area contributed by atoms with Crippen molar-refractivity contribution in [2.24, 2.45) is 0 Å². The van der Waals surface area contributed by atoms with Crippen LogP contribution in [0.2, 0.25) is 5.02 Å². The maximum absolute atomic E-state index is 12.6. The summed E-state index contributed by atoms with van der Waals surface area (Å²) >= 11 is 6.11. The van der Waals surface area contributed by atoms with E-state index in [9.17, 15) is 4.79 Å².